The average molecular weight is 301 g/mol. The molecule has 2 N–H and O–H groups in total. The molecule has 106 valence electrons. The SMILES string of the molecule is Nc1cccc(SCc2noc(-c3ccc(F)cc3)n2)c1. The van der Waals surface area contributed by atoms with E-state index in [1.807, 2.05) is 24.3 Å². The third-order valence-electron chi connectivity index (χ3n) is 2.79. The van der Waals surface area contributed by atoms with E-state index in [0.29, 0.717) is 23.0 Å². The molecular weight excluding hydrogens is 289 g/mol. The van der Waals surface area contributed by atoms with Gasteiger partial charge in [-0.15, -0.1) is 11.8 Å². The third-order valence-corrected chi connectivity index (χ3v) is 3.78. The fourth-order valence-corrected chi connectivity index (χ4v) is 2.58. The van der Waals surface area contributed by atoms with Crippen LogP contribution in [0.4, 0.5) is 10.1 Å². The molecule has 0 saturated carbocycles. The molecule has 0 fully saturated rings. The van der Waals surface area contributed by atoms with Crippen molar-refractivity contribution in [3.63, 3.8) is 0 Å². The maximum Gasteiger partial charge on any atom is 0.257 e. The smallest absolute Gasteiger partial charge is 0.257 e. The quantitative estimate of drug-likeness (QED) is 0.587. The van der Waals surface area contributed by atoms with Gasteiger partial charge in [-0.2, -0.15) is 4.98 Å². The molecule has 0 saturated heterocycles. The van der Waals surface area contributed by atoms with Crippen molar-refractivity contribution in [1.29, 1.82) is 0 Å². The molecule has 3 aromatic rings. The lowest BCUT2D eigenvalue weighted by atomic mass is 10.2. The van der Waals surface area contributed by atoms with Gasteiger partial charge in [0.1, 0.15) is 5.82 Å². The molecule has 1 aromatic heterocycles. The van der Waals surface area contributed by atoms with Gasteiger partial charge in [-0.05, 0) is 42.5 Å². The second-order valence-corrected chi connectivity index (χ2v) is 5.43. The minimum Gasteiger partial charge on any atom is -0.399 e. The monoisotopic (exact) mass is 301 g/mol. The molecule has 0 amide bonds. The molecule has 0 radical (unpaired) electrons. The molecule has 2 aromatic carbocycles. The van der Waals surface area contributed by atoms with E-state index >= 15 is 0 Å². The number of anilines is 1. The number of halogens is 1. The van der Waals surface area contributed by atoms with Crippen LogP contribution >= 0.6 is 11.8 Å². The van der Waals surface area contributed by atoms with E-state index in [0.717, 1.165) is 10.6 Å². The lowest BCUT2D eigenvalue weighted by Crippen LogP contribution is -1.86. The Balaban J connectivity index is 1.69. The number of benzene rings is 2. The zero-order valence-corrected chi connectivity index (χ0v) is 11.8. The third kappa shape index (κ3) is 3.41. The van der Waals surface area contributed by atoms with Crippen LogP contribution in [0, 0.1) is 5.82 Å². The Bertz CT molecular complexity index is 743. The molecule has 4 nitrogen and oxygen atoms in total. The van der Waals surface area contributed by atoms with Crippen LogP contribution in [-0.2, 0) is 5.75 Å². The summed E-state index contributed by atoms with van der Waals surface area (Å²) in [5.41, 5.74) is 7.15. The van der Waals surface area contributed by atoms with Crippen molar-refractivity contribution in [3.05, 3.63) is 60.2 Å². The molecule has 0 aliphatic heterocycles. The zero-order chi connectivity index (χ0) is 14.7. The summed E-state index contributed by atoms with van der Waals surface area (Å²) in [4.78, 5) is 5.34. The second kappa shape index (κ2) is 5.97. The van der Waals surface area contributed by atoms with Crippen molar-refractivity contribution in [1.82, 2.24) is 10.1 Å². The molecular formula is C15H12FN3OS. The molecule has 6 heteroatoms. The van der Waals surface area contributed by atoms with Crippen molar-refractivity contribution in [2.24, 2.45) is 0 Å². The van der Waals surface area contributed by atoms with Crippen molar-refractivity contribution >= 4 is 17.4 Å². The highest BCUT2D eigenvalue weighted by atomic mass is 32.2. The van der Waals surface area contributed by atoms with Crippen molar-refractivity contribution < 1.29 is 8.91 Å². The lowest BCUT2D eigenvalue weighted by Gasteiger charge is -1.99. The van der Waals surface area contributed by atoms with E-state index in [2.05, 4.69) is 10.1 Å². The van der Waals surface area contributed by atoms with Gasteiger partial charge in [0, 0.05) is 16.1 Å². The predicted octanol–water partition coefficient (Wildman–Crippen LogP) is 3.75. The second-order valence-electron chi connectivity index (χ2n) is 4.38. The summed E-state index contributed by atoms with van der Waals surface area (Å²) < 4.78 is 18.0. The van der Waals surface area contributed by atoms with Crippen molar-refractivity contribution in [2.75, 3.05) is 5.73 Å². The Hall–Kier alpha value is -2.34. The van der Waals surface area contributed by atoms with Gasteiger partial charge in [-0.1, -0.05) is 11.2 Å². The van der Waals surface area contributed by atoms with Crippen LogP contribution in [0.25, 0.3) is 11.5 Å². The first-order valence-corrected chi connectivity index (χ1v) is 7.26. The molecule has 0 atom stereocenters. The summed E-state index contributed by atoms with van der Waals surface area (Å²) in [6, 6.07) is 13.5. The number of nitrogen functional groups attached to an aromatic ring is 1. The first-order valence-electron chi connectivity index (χ1n) is 6.27. The zero-order valence-electron chi connectivity index (χ0n) is 11.0. The van der Waals surface area contributed by atoms with Gasteiger partial charge in [-0.25, -0.2) is 4.39 Å². The van der Waals surface area contributed by atoms with E-state index < -0.39 is 0 Å². The van der Waals surface area contributed by atoms with Gasteiger partial charge in [0.15, 0.2) is 5.82 Å². The van der Waals surface area contributed by atoms with Crippen LogP contribution in [-0.4, -0.2) is 10.1 Å². The van der Waals surface area contributed by atoms with E-state index in [1.165, 1.54) is 12.1 Å². The molecule has 3 rings (SSSR count). The number of rotatable bonds is 4. The van der Waals surface area contributed by atoms with Crippen LogP contribution in [0.15, 0.2) is 57.9 Å². The largest absolute Gasteiger partial charge is 0.399 e. The van der Waals surface area contributed by atoms with Gasteiger partial charge in [0.2, 0.25) is 0 Å². The van der Waals surface area contributed by atoms with Gasteiger partial charge < -0.3 is 10.3 Å². The number of hydrogen-bond donors (Lipinski definition) is 1. The van der Waals surface area contributed by atoms with Crippen LogP contribution in [0.2, 0.25) is 0 Å². The average Bonchev–Trinajstić information content (AvgIpc) is 2.95. The van der Waals surface area contributed by atoms with E-state index in [-0.39, 0.29) is 5.82 Å². The summed E-state index contributed by atoms with van der Waals surface area (Å²) in [5, 5.41) is 3.92. The van der Waals surface area contributed by atoms with Gasteiger partial charge in [0.05, 0.1) is 5.75 Å². The fraction of sp³-hybridized carbons (Fsp3) is 0.0667. The first kappa shape index (κ1) is 13.6. The standard InChI is InChI=1S/C15H12FN3OS/c16-11-6-4-10(5-7-11)15-18-14(19-20-15)9-21-13-3-1-2-12(17)8-13/h1-8H,9,17H2. The van der Waals surface area contributed by atoms with Gasteiger partial charge in [0.25, 0.3) is 5.89 Å². The van der Waals surface area contributed by atoms with Crippen molar-refractivity contribution in [2.45, 2.75) is 10.6 Å². The van der Waals surface area contributed by atoms with Crippen LogP contribution in [0.1, 0.15) is 5.82 Å². The highest BCUT2D eigenvalue weighted by molar-refractivity contribution is 7.98. The number of hydrogen-bond acceptors (Lipinski definition) is 5. The Morgan fingerprint density at radius 1 is 1.14 bits per heavy atom. The Labute approximate surface area is 125 Å². The molecule has 0 unspecified atom stereocenters. The number of thioether (sulfide) groups is 1. The summed E-state index contributed by atoms with van der Waals surface area (Å²) in [7, 11) is 0. The van der Waals surface area contributed by atoms with Gasteiger partial charge in [-0.3, -0.25) is 0 Å². The topological polar surface area (TPSA) is 64.9 Å². The highest BCUT2D eigenvalue weighted by Gasteiger charge is 2.09. The Morgan fingerprint density at radius 3 is 2.71 bits per heavy atom. The normalized spacial score (nSPS) is 10.7. The van der Waals surface area contributed by atoms with Crippen LogP contribution in [0.5, 0.6) is 0 Å². The van der Waals surface area contributed by atoms with E-state index in [1.54, 1.807) is 23.9 Å². The Kier molecular flexibility index (Phi) is 3.87. The van der Waals surface area contributed by atoms with E-state index in [9.17, 15) is 4.39 Å². The molecule has 0 bridgehead atoms. The lowest BCUT2D eigenvalue weighted by molar-refractivity contribution is 0.425. The summed E-state index contributed by atoms with van der Waals surface area (Å²) >= 11 is 1.57. The number of nitrogens with two attached hydrogens (primary N) is 1. The molecule has 0 aliphatic rings. The minimum absolute atomic E-state index is 0.296. The minimum atomic E-state index is -0.296. The summed E-state index contributed by atoms with van der Waals surface area (Å²) in [5.74, 6) is 1.25. The number of aromatic nitrogens is 2. The van der Waals surface area contributed by atoms with E-state index in [4.69, 9.17) is 10.3 Å². The molecule has 0 spiro atoms. The molecule has 0 aliphatic carbocycles. The summed E-state index contributed by atoms with van der Waals surface area (Å²) in [6.45, 7) is 0. The van der Waals surface area contributed by atoms with Crippen LogP contribution in [0.3, 0.4) is 0 Å². The van der Waals surface area contributed by atoms with Crippen LogP contribution < -0.4 is 5.73 Å². The highest BCUT2D eigenvalue weighted by Crippen LogP contribution is 2.24. The molecule has 1 heterocycles. The first-order chi connectivity index (χ1) is 10.2. The number of nitrogens with zero attached hydrogens (tertiary/aromatic N) is 2. The Morgan fingerprint density at radius 2 is 1.95 bits per heavy atom. The maximum atomic E-state index is 12.9. The predicted molar refractivity (Wildman–Crippen MR) is 80.1 cm³/mol. The molecule has 21 heavy (non-hydrogen) atoms. The maximum absolute atomic E-state index is 12.9. The van der Waals surface area contributed by atoms with Crippen molar-refractivity contribution in [3.8, 4) is 11.5 Å². The summed E-state index contributed by atoms with van der Waals surface area (Å²) in [6.07, 6.45) is 0. The fourth-order valence-electron chi connectivity index (χ4n) is 1.77. The van der Waals surface area contributed by atoms with Gasteiger partial charge >= 0.3 is 0 Å².